The molecule has 0 amide bonds. The molecule has 4 nitrogen and oxygen atoms in total. The molecule has 0 saturated heterocycles. The van der Waals surface area contributed by atoms with Crippen molar-refractivity contribution >= 4 is 0 Å². The smallest absolute Gasteiger partial charge is 0.130 e. The second kappa shape index (κ2) is 7.84. The highest BCUT2D eigenvalue weighted by molar-refractivity contribution is 5.36. The van der Waals surface area contributed by atoms with Crippen LogP contribution in [0.1, 0.15) is 44.0 Å². The molecule has 2 rings (SSSR count). The molecule has 1 heterocycles. The van der Waals surface area contributed by atoms with Crippen molar-refractivity contribution < 1.29 is 4.74 Å². The van der Waals surface area contributed by atoms with E-state index in [9.17, 15) is 0 Å². The molecule has 21 heavy (non-hydrogen) atoms. The molecule has 0 radical (unpaired) electrons. The number of aromatic nitrogens is 2. The fourth-order valence-corrected chi connectivity index (χ4v) is 2.37. The zero-order valence-corrected chi connectivity index (χ0v) is 13.2. The van der Waals surface area contributed by atoms with Crippen LogP contribution in [0.15, 0.2) is 36.8 Å². The molecule has 1 aromatic heterocycles. The van der Waals surface area contributed by atoms with E-state index in [-0.39, 0.29) is 0 Å². The summed E-state index contributed by atoms with van der Waals surface area (Å²) < 4.78 is 8.01. The Morgan fingerprint density at radius 2 is 2.10 bits per heavy atom. The molecule has 0 aliphatic heterocycles. The molecule has 0 aliphatic rings. The molecule has 0 aliphatic carbocycles. The van der Waals surface area contributed by atoms with Crippen LogP contribution in [0.25, 0.3) is 0 Å². The van der Waals surface area contributed by atoms with Crippen LogP contribution in [0.2, 0.25) is 0 Å². The van der Waals surface area contributed by atoms with Gasteiger partial charge in [0.05, 0.1) is 18.2 Å². The zero-order valence-electron chi connectivity index (χ0n) is 13.2. The standard InChI is InChI=1S/C17H25N3O/c1-4-10-19-16(5-2)15-8-6-7-9-17(15)21-12-14-11-18-13-20(14)3/h6-9,11,13,16,19H,4-5,10,12H2,1-3H3. The molecular formula is C17H25N3O. The minimum Gasteiger partial charge on any atom is -0.487 e. The van der Waals surface area contributed by atoms with Crippen molar-refractivity contribution in [3.63, 3.8) is 0 Å². The van der Waals surface area contributed by atoms with Crippen molar-refractivity contribution in [2.45, 2.75) is 39.3 Å². The highest BCUT2D eigenvalue weighted by atomic mass is 16.5. The number of hydrogen-bond acceptors (Lipinski definition) is 3. The van der Waals surface area contributed by atoms with Crippen LogP contribution in [0.4, 0.5) is 0 Å². The lowest BCUT2D eigenvalue weighted by atomic mass is 10.0. The number of nitrogens with zero attached hydrogens (tertiary/aromatic N) is 2. The highest BCUT2D eigenvalue weighted by Crippen LogP contribution is 2.27. The van der Waals surface area contributed by atoms with E-state index in [0.717, 1.165) is 30.8 Å². The summed E-state index contributed by atoms with van der Waals surface area (Å²) in [5, 5.41) is 3.58. The minimum absolute atomic E-state index is 0.340. The van der Waals surface area contributed by atoms with Crippen LogP contribution < -0.4 is 10.1 Å². The van der Waals surface area contributed by atoms with Gasteiger partial charge in [-0.05, 0) is 25.5 Å². The number of ether oxygens (including phenoxy) is 1. The zero-order chi connectivity index (χ0) is 15.1. The minimum atomic E-state index is 0.340. The van der Waals surface area contributed by atoms with Crippen molar-refractivity contribution in [3.05, 3.63) is 48.0 Å². The van der Waals surface area contributed by atoms with E-state index in [4.69, 9.17) is 4.74 Å². The molecule has 114 valence electrons. The third-order valence-electron chi connectivity index (χ3n) is 3.64. The summed E-state index contributed by atoms with van der Waals surface area (Å²) in [6, 6.07) is 8.63. The normalized spacial score (nSPS) is 12.3. The Morgan fingerprint density at radius 3 is 2.76 bits per heavy atom. The fraction of sp³-hybridized carbons (Fsp3) is 0.471. The van der Waals surface area contributed by atoms with Gasteiger partial charge in [-0.3, -0.25) is 0 Å². The molecule has 0 spiro atoms. The van der Waals surface area contributed by atoms with Crippen LogP contribution in [-0.4, -0.2) is 16.1 Å². The monoisotopic (exact) mass is 287 g/mol. The number of imidazole rings is 1. The van der Waals surface area contributed by atoms with Gasteiger partial charge in [0.1, 0.15) is 12.4 Å². The molecule has 2 aromatic rings. The fourth-order valence-electron chi connectivity index (χ4n) is 2.37. The molecule has 1 atom stereocenters. The van der Waals surface area contributed by atoms with E-state index >= 15 is 0 Å². The Balaban J connectivity index is 2.10. The molecule has 4 heteroatoms. The van der Waals surface area contributed by atoms with Crippen molar-refractivity contribution in [2.24, 2.45) is 7.05 Å². The van der Waals surface area contributed by atoms with Crippen molar-refractivity contribution in [3.8, 4) is 5.75 Å². The van der Waals surface area contributed by atoms with E-state index in [0.29, 0.717) is 12.6 Å². The Bertz CT molecular complexity index is 550. The third-order valence-corrected chi connectivity index (χ3v) is 3.64. The lowest BCUT2D eigenvalue weighted by Gasteiger charge is -2.20. The molecule has 0 bridgehead atoms. The average molecular weight is 287 g/mol. The molecule has 1 N–H and O–H groups in total. The van der Waals surface area contributed by atoms with Crippen LogP contribution in [0.3, 0.4) is 0 Å². The number of benzene rings is 1. The van der Waals surface area contributed by atoms with Gasteiger partial charge >= 0.3 is 0 Å². The first-order valence-corrected chi connectivity index (χ1v) is 7.66. The summed E-state index contributed by atoms with van der Waals surface area (Å²) in [5.74, 6) is 0.953. The van der Waals surface area contributed by atoms with Crippen LogP contribution in [-0.2, 0) is 13.7 Å². The van der Waals surface area contributed by atoms with Gasteiger partial charge in [0.2, 0.25) is 0 Å². The van der Waals surface area contributed by atoms with E-state index in [2.05, 4.69) is 36.3 Å². The first-order chi connectivity index (χ1) is 10.3. The van der Waals surface area contributed by atoms with Gasteiger partial charge in [-0.15, -0.1) is 0 Å². The lowest BCUT2D eigenvalue weighted by molar-refractivity contribution is 0.290. The van der Waals surface area contributed by atoms with Crippen LogP contribution in [0.5, 0.6) is 5.75 Å². The van der Waals surface area contributed by atoms with E-state index in [1.54, 1.807) is 6.33 Å². The number of para-hydroxylation sites is 1. The van der Waals surface area contributed by atoms with E-state index < -0.39 is 0 Å². The van der Waals surface area contributed by atoms with Gasteiger partial charge in [0.25, 0.3) is 0 Å². The summed E-state index contributed by atoms with van der Waals surface area (Å²) in [6.45, 7) is 5.95. The molecule has 0 fully saturated rings. The maximum absolute atomic E-state index is 6.02. The van der Waals surface area contributed by atoms with Crippen LogP contribution in [0, 0.1) is 0 Å². The predicted octanol–water partition coefficient (Wildman–Crippen LogP) is 3.45. The lowest BCUT2D eigenvalue weighted by Crippen LogP contribution is -2.22. The second-order valence-corrected chi connectivity index (χ2v) is 5.24. The Morgan fingerprint density at radius 1 is 1.29 bits per heavy atom. The number of rotatable bonds is 8. The summed E-state index contributed by atoms with van der Waals surface area (Å²) >= 11 is 0. The number of aryl methyl sites for hydroxylation is 1. The number of hydrogen-bond donors (Lipinski definition) is 1. The molecule has 0 saturated carbocycles. The first kappa shape index (κ1) is 15.6. The Labute approximate surface area is 127 Å². The van der Waals surface area contributed by atoms with Gasteiger partial charge in [-0.2, -0.15) is 0 Å². The maximum Gasteiger partial charge on any atom is 0.130 e. The first-order valence-electron chi connectivity index (χ1n) is 7.66. The van der Waals surface area contributed by atoms with Crippen LogP contribution >= 0.6 is 0 Å². The Kier molecular flexibility index (Phi) is 5.81. The van der Waals surface area contributed by atoms with Gasteiger partial charge in [-0.1, -0.05) is 32.0 Å². The van der Waals surface area contributed by atoms with Crippen molar-refractivity contribution in [1.29, 1.82) is 0 Å². The summed E-state index contributed by atoms with van der Waals surface area (Å²) in [6.07, 6.45) is 5.82. The maximum atomic E-state index is 6.02. The second-order valence-electron chi connectivity index (χ2n) is 5.24. The Hall–Kier alpha value is -1.81. The van der Waals surface area contributed by atoms with Crippen molar-refractivity contribution in [2.75, 3.05) is 6.54 Å². The largest absolute Gasteiger partial charge is 0.487 e. The van der Waals surface area contributed by atoms with Gasteiger partial charge in [0.15, 0.2) is 0 Å². The molecule has 1 unspecified atom stereocenters. The molecular weight excluding hydrogens is 262 g/mol. The van der Waals surface area contributed by atoms with Gasteiger partial charge in [-0.25, -0.2) is 4.98 Å². The summed E-state index contributed by atoms with van der Waals surface area (Å²) in [5.41, 5.74) is 2.30. The summed E-state index contributed by atoms with van der Waals surface area (Å²) in [4.78, 5) is 4.12. The highest BCUT2D eigenvalue weighted by Gasteiger charge is 2.13. The van der Waals surface area contributed by atoms with E-state index in [1.165, 1.54) is 5.56 Å². The summed E-state index contributed by atoms with van der Waals surface area (Å²) in [7, 11) is 1.98. The SMILES string of the molecule is CCCNC(CC)c1ccccc1OCc1cncn1C. The van der Waals surface area contributed by atoms with Gasteiger partial charge < -0.3 is 14.6 Å². The predicted molar refractivity (Wildman–Crippen MR) is 85.3 cm³/mol. The molecule has 1 aromatic carbocycles. The average Bonchev–Trinajstić information content (AvgIpc) is 2.92. The van der Waals surface area contributed by atoms with E-state index in [1.807, 2.05) is 29.9 Å². The number of nitrogens with one attached hydrogen (secondary N) is 1. The quantitative estimate of drug-likeness (QED) is 0.808. The third kappa shape index (κ3) is 4.08. The van der Waals surface area contributed by atoms with Gasteiger partial charge in [0, 0.05) is 18.7 Å². The topological polar surface area (TPSA) is 39.1 Å². The van der Waals surface area contributed by atoms with Crippen molar-refractivity contribution in [1.82, 2.24) is 14.9 Å².